The lowest BCUT2D eigenvalue weighted by atomic mass is 10.1. The number of carboxylic acid groups (broad SMARTS) is 1. The molecule has 5 rings (SSSR count). The van der Waals surface area contributed by atoms with Crippen LogP contribution in [0.3, 0.4) is 0 Å². The third-order valence-corrected chi connectivity index (χ3v) is 7.61. The summed E-state index contributed by atoms with van der Waals surface area (Å²) in [7, 11) is 0. The van der Waals surface area contributed by atoms with Crippen molar-refractivity contribution in [2.24, 2.45) is 0 Å². The number of carbonyl (C=O) groups is 1. The summed E-state index contributed by atoms with van der Waals surface area (Å²) in [5, 5.41) is 9.49. The van der Waals surface area contributed by atoms with Crippen LogP contribution in [-0.4, -0.2) is 61.9 Å². The van der Waals surface area contributed by atoms with E-state index in [0.29, 0.717) is 62.7 Å². The van der Waals surface area contributed by atoms with E-state index in [0.717, 1.165) is 11.8 Å². The van der Waals surface area contributed by atoms with Crippen LogP contribution in [0.25, 0.3) is 0 Å². The fourth-order valence-electron chi connectivity index (χ4n) is 5.72. The van der Waals surface area contributed by atoms with Gasteiger partial charge in [0.05, 0.1) is 25.3 Å². The van der Waals surface area contributed by atoms with E-state index in [2.05, 4.69) is 4.74 Å². The molecule has 3 aromatic carbocycles. The molecule has 2 atom stereocenters. The van der Waals surface area contributed by atoms with Gasteiger partial charge in [-0.3, -0.25) is 4.79 Å². The Bertz CT molecular complexity index is 1410. The van der Waals surface area contributed by atoms with E-state index in [4.69, 9.17) is 14.2 Å². The van der Waals surface area contributed by atoms with Crippen molar-refractivity contribution in [2.75, 3.05) is 36.0 Å². The molecule has 8 nitrogen and oxygen atoms in total. The number of anilines is 2. The van der Waals surface area contributed by atoms with Gasteiger partial charge < -0.3 is 33.9 Å². The Morgan fingerprint density at radius 1 is 0.909 bits per heavy atom. The first kappa shape index (κ1) is 31.1. The number of piperidine rings is 1. The van der Waals surface area contributed by atoms with Crippen LogP contribution in [0.4, 0.5) is 28.9 Å². The Kier molecular flexibility index (Phi) is 9.55. The highest BCUT2D eigenvalue weighted by Gasteiger charge is 2.36. The molecule has 236 valence electrons. The van der Waals surface area contributed by atoms with Crippen molar-refractivity contribution in [1.29, 1.82) is 0 Å². The molecule has 0 aromatic heterocycles. The van der Waals surface area contributed by atoms with Crippen LogP contribution in [-0.2, 0) is 4.79 Å². The minimum absolute atomic E-state index is 0.0448. The minimum Gasteiger partial charge on any atom is -0.494 e. The molecule has 44 heavy (non-hydrogen) atoms. The maximum atomic E-state index is 14.5. The highest BCUT2D eigenvalue weighted by atomic mass is 19.4. The summed E-state index contributed by atoms with van der Waals surface area (Å²) in [6, 6.07) is 17.0. The number of carboxylic acids is 1. The number of alkyl halides is 3. The predicted octanol–water partition coefficient (Wildman–Crippen LogP) is 6.67. The second-order valence-electron chi connectivity index (χ2n) is 10.7. The fraction of sp³-hybridized carbons (Fsp3) is 0.406. The maximum Gasteiger partial charge on any atom is 0.573 e. The molecule has 2 saturated heterocycles. The highest BCUT2D eigenvalue weighted by Crippen LogP contribution is 2.34. The van der Waals surface area contributed by atoms with Gasteiger partial charge in [0, 0.05) is 56.2 Å². The Balaban J connectivity index is 1.18. The minimum atomic E-state index is -4.82. The zero-order valence-corrected chi connectivity index (χ0v) is 24.1. The van der Waals surface area contributed by atoms with Crippen molar-refractivity contribution in [1.82, 2.24) is 0 Å². The average Bonchev–Trinajstić information content (AvgIpc) is 3.35. The standard InChI is InChI=1S/C32H34F4N2O6/c1-2-41-25-10-11-29(33)30(19-25)37-14-12-24(13-15-37)42-23-8-6-21(7-9-23)38-20-28(16-22(38)17-31(39)40)43-26-4-3-5-27(18-26)44-32(34,35)36/h3-11,18-19,22,24,28H,2,12-17,20H2,1H3,(H,39,40)/t22-,28-/m1/s1. The molecular weight excluding hydrogens is 584 g/mol. The Labute approximate surface area is 252 Å². The van der Waals surface area contributed by atoms with E-state index < -0.39 is 24.2 Å². The smallest absolute Gasteiger partial charge is 0.494 e. The molecule has 1 N–H and O–H groups in total. The lowest BCUT2D eigenvalue weighted by Crippen LogP contribution is -2.38. The molecular formula is C32H34F4N2O6. The second kappa shape index (κ2) is 13.5. The quantitative estimate of drug-likeness (QED) is 0.239. The van der Waals surface area contributed by atoms with Gasteiger partial charge in [0.2, 0.25) is 0 Å². The van der Waals surface area contributed by atoms with Crippen LogP contribution in [0.1, 0.15) is 32.6 Å². The van der Waals surface area contributed by atoms with Gasteiger partial charge in [-0.2, -0.15) is 0 Å². The molecule has 0 unspecified atom stereocenters. The first-order valence-corrected chi connectivity index (χ1v) is 14.5. The summed E-state index contributed by atoms with van der Waals surface area (Å²) in [4.78, 5) is 15.5. The molecule has 0 amide bonds. The number of rotatable bonds is 11. The molecule has 0 saturated carbocycles. The van der Waals surface area contributed by atoms with Gasteiger partial charge in [0.1, 0.15) is 41.0 Å². The van der Waals surface area contributed by atoms with E-state index in [1.807, 2.05) is 41.0 Å². The first-order valence-electron chi connectivity index (χ1n) is 14.5. The molecule has 0 bridgehead atoms. The van der Waals surface area contributed by atoms with E-state index in [1.165, 1.54) is 24.3 Å². The number of halogens is 4. The molecule has 2 heterocycles. The Morgan fingerprint density at radius 2 is 1.59 bits per heavy atom. The van der Waals surface area contributed by atoms with Gasteiger partial charge in [-0.25, -0.2) is 4.39 Å². The van der Waals surface area contributed by atoms with Gasteiger partial charge >= 0.3 is 12.3 Å². The van der Waals surface area contributed by atoms with Gasteiger partial charge in [-0.15, -0.1) is 13.2 Å². The van der Waals surface area contributed by atoms with Crippen LogP contribution in [0.2, 0.25) is 0 Å². The number of aliphatic carboxylic acids is 1. The van der Waals surface area contributed by atoms with Crippen LogP contribution in [0.5, 0.6) is 23.0 Å². The number of benzene rings is 3. The van der Waals surface area contributed by atoms with Crippen LogP contribution >= 0.6 is 0 Å². The largest absolute Gasteiger partial charge is 0.573 e. The van der Waals surface area contributed by atoms with Crippen LogP contribution in [0.15, 0.2) is 66.7 Å². The summed E-state index contributed by atoms with van der Waals surface area (Å²) in [5.41, 5.74) is 1.30. The van der Waals surface area contributed by atoms with Crippen molar-refractivity contribution in [3.8, 4) is 23.0 Å². The topological polar surface area (TPSA) is 80.7 Å². The maximum absolute atomic E-state index is 14.5. The number of hydrogen-bond acceptors (Lipinski definition) is 7. The number of nitrogens with zero attached hydrogens (tertiary/aromatic N) is 2. The van der Waals surface area contributed by atoms with Crippen LogP contribution < -0.4 is 28.7 Å². The van der Waals surface area contributed by atoms with E-state index >= 15 is 0 Å². The summed E-state index contributed by atoms with van der Waals surface area (Å²) in [5.74, 6) is -0.142. The summed E-state index contributed by atoms with van der Waals surface area (Å²) in [6.07, 6.45) is -3.64. The fourth-order valence-corrected chi connectivity index (χ4v) is 5.72. The van der Waals surface area contributed by atoms with E-state index in [9.17, 15) is 27.5 Å². The SMILES string of the molecule is CCOc1ccc(F)c(N2CCC(Oc3ccc(N4C[C@H](Oc5cccc(OC(F)(F)F)c5)C[C@@H]4CC(=O)O)cc3)CC2)c1. The lowest BCUT2D eigenvalue weighted by molar-refractivity contribution is -0.274. The summed E-state index contributed by atoms with van der Waals surface area (Å²) in [6.45, 7) is 4.00. The Morgan fingerprint density at radius 3 is 2.27 bits per heavy atom. The normalized spacial score (nSPS) is 19.1. The lowest BCUT2D eigenvalue weighted by Gasteiger charge is -2.34. The van der Waals surface area contributed by atoms with Crippen molar-refractivity contribution >= 4 is 17.3 Å². The molecule has 0 spiro atoms. The van der Waals surface area contributed by atoms with Crippen molar-refractivity contribution < 1.29 is 46.4 Å². The van der Waals surface area contributed by atoms with E-state index in [-0.39, 0.29) is 30.1 Å². The Hall–Kier alpha value is -4.35. The second-order valence-corrected chi connectivity index (χ2v) is 10.7. The van der Waals surface area contributed by atoms with Crippen LogP contribution in [0, 0.1) is 5.82 Å². The van der Waals surface area contributed by atoms with Crippen molar-refractivity contribution in [3.05, 3.63) is 72.5 Å². The third-order valence-electron chi connectivity index (χ3n) is 7.61. The molecule has 0 radical (unpaired) electrons. The van der Waals surface area contributed by atoms with Crippen molar-refractivity contribution in [2.45, 2.75) is 57.2 Å². The highest BCUT2D eigenvalue weighted by molar-refractivity contribution is 5.69. The van der Waals surface area contributed by atoms with Gasteiger partial charge in [-0.1, -0.05) is 6.07 Å². The molecule has 12 heteroatoms. The molecule has 3 aromatic rings. The summed E-state index contributed by atoms with van der Waals surface area (Å²) < 4.78 is 74.0. The number of hydrogen-bond donors (Lipinski definition) is 1. The zero-order chi connectivity index (χ0) is 31.3. The third kappa shape index (κ3) is 8.18. The average molecular weight is 619 g/mol. The predicted molar refractivity (Wildman–Crippen MR) is 155 cm³/mol. The molecule has 2 aliphatic heterocycles. The zero-order valence-electron chi connectivity index (χ0n) is 24.1. The van der Waals surface area contributed by atoms with Gasteiger partial charge in [0.25, 0.3) is 0 Å². The monoisotopic (exact) mass is 618 g/mol. The van der Waals surface area contributed by atoms with Gasteiger partial charge in [0.15, 0.2) is 0 Å². The molecule has 0 aliphatic carbocycles. The van der Waals surface area contributed by atoms with Crippen molar-refractivity contribution in [3.63, 3.8) is 0 Å². The molecule has 2 aliphatic rings. The summed E-state index contributed by atoms with van der Waals surface area (Å²) >= 11 is 0. The molecule has 2 fully saturated rings. The first-order chi connectivity index (χ1) is 21.1. The van der Waals surface area contributed by atoms with E-state index in [1.54, 1.807) is 12.1 Å². The van der Waals surface area contributed by atoms with Gasteiger partial charge in [-0.05, 0) is 55.5 Å². The number of ether oxygens (including phenoxy) is 4.